The Bertz CT molecular complexity index is 390. The number of carbonyl (C=O) groups is 1. The van der Waals surface area contributed by atoms with Gasteiger partial charge in [-0.1, -0.05) is 25.4 Å². The molecule has 0 saturated heterocycles. The van der Waals surface area contributed by atoms with Crippen molar-refractivity contribution in [3.8, 4) is 0 Å². The summed E-state index contributed by atoms with van der Waals surface area (Å²) in [7, 11) is 0. The van der Waals surface area contributed by atoms with E-state index in [0.717, 1.165) is 6.42 Å². The SMILES string of the molecule is CC(C)CCNC(=O)CNc1cc(F)cc(Cl)c1. The predicted octanol–water partition coefficient (Wildman–Crippen LogP) is 3.05. The van der Waals surface area contributed by atoms with Gasteiger partial charge >= 0.3 is 0 Å². The van der Waals surface area contributed by atoms with E-state index in [1.165, 1.54) is 12.1 Å². The van der Waals surface area contributed by atoms with E-state index in [0.29, 0.717) is 23.2 Å². The fraction of sp³-hybridized carbons (Fsp3) is 0.462. The summed E-state index contributed by atoms with van der Waals surface area (Å²) in [6.45, 7) is 4.96. The molecular weight excluding hydrogens is 255 g/mol. The van der Waals surface area contributed by atoms with Crippen LogP contribution in [0.4, 0.5) is 10.1 Å². The first-order valence-electron chi connectivity index (χ1n) is 5.94. The Morgan fingerprint density at radius 3 is 2.72 bits per heavy atom. The molecule has 0 aliphatic heterocycles. The zero-order valence-corrected chi connectivity index (χ0v) is 11.4. The molecule has 0 unspecified atom stereocenters. The first kappa shape index (κ1) is 14.8. The lowest BCUT2D eigenvalue weighted by molar-refractivity contribution is -0.119. The van der Waals surface area contributed by atoms with Gasteiger partial charge in [0.2, 0.25) is 5.91 Å². The topological polar surface area (TPSA) is 41.1 Å². The second-order valence-corrected chi connectivity index (χ2v) is 4.98. The lowest BCUT2D eigenvalue weighted by Crippen LogP contribution is -2.31. The van der Waals surface area contributed by atoms with E-state index in [-0.39, 0.29) is 12.5 Å². The summed E-state index contributed by atoms with van der Waals surface area (Å²) in [6.07, 6.45) is 0.942. The van der Waals surface area contributed by atoms with Crippen LogP contribution in [-0.4, -0.2) is 19.0 Å². The van der Waals surface area contributed by atoms with Gasteiger partial charge in [-0.2, -0.15) is 0 Å². The van der Waals surface area contributed by atoms with Gasteiger partial charge < -0.3 is 10.6 Å². The van der Waals surface area contributed by atoms with Crippen LogP contribution in [-0.2, 0) is 4.79 Å². The van der Waals surface area contributed by atoms with Gasteiger partial charge in [-0.15, -0.1) is 0 Å². The van der Waals surface area contributed by atoms with Crippen molar-refractivity contribution in [2.45, 2.75) is 20.3 Å². The van der Waals surface area contributed by atoms with Crippen LogP contribution in [0.5, 0.6) is 0 Å². The Labute approximate surface area is 112 Å². The van der Waals surface area contributed by atoms with Crippen molar-refractivity contribution in [1.29, 1.82) is 0 Å². The van der Waals surface area contributed by atoms with E-state index < -0.39 is 5.82 Å². The number of nitrogens with one attached hydrogen (secondary N) is 2. The maximum absolute atomic E-state index is 13.0. The molecule has 0 saturated carbocycles. The lowest BCUT2D eigenvalue weighted by Gasteiger charge is -2.09. The van der Waals surface area contributed by atoms with Gasteiger partial charge in [-0.05, 0) is 30.5 Å². The molecule has 3 nitrogen and oxygen atoms in total. The van der Waals surface area contributed by atoms with E-state index in [1.807, 2.05) is 0 Å². The largest absolute Gasteiger partial charge is 0.376 e. The molecule has 1 rings (SSSR count). The molecule has 1 aromatic rings. The molecule has 0 bridgehead atoms. The molecule has 18 heavy (non-hydrogen) atoms. The first-order chi connectivity index (χ1) is 8.47. The van der Waals surface area contributed by atoms with Crippen molar-refractivity contribution in [3.63, 3.8) is 0 Å². The summed E-state index contributed by atoms with van der Waals surface area (Å²) < 4.78 is 13.0. The Kier molecular flexibility index (Phi) is 5.92. The smallest absolute Gasteiger partial charge is 0.239 e. The Balaban J connectivity index is 2.33. The van der Waals surface area contributed by atoms with Crippen LogP contribution in [0.3, 0.4) is 0 Å². The molecule has 2 N–H and O–H groups in total. The predicted molar refractivity (Wildman–Crippen MR) is 72.4 cm³/mol. The van der Waals surface area contributed by atoms with Crippen LogP contribution in [0.25, 0.3) is 0 Å². The number of rotatable bonds is 6. The molecule has 0 atom stereocenters. The van der Waals surface area contributed by atoms with Gasteiger partial charge in [0, 0.05) is 17.3 Å². The second-order valence-electron chi connectivity index (χ2n) is 4.54. The molecule has 0 aromatic heterocycles. The summed E-state index contributed by atoms with van der Waals surface area (Å²) in [5.41, 5.74) is 0.499. The summed E-state index contributed by atoms with van der Waals surface area (Å²) in [4.78, 5) is 11.5. The van der Waals surface area contributed by atoms with E-state index in [4.69, 9.17) is 11.6 Å². The average Bonchev–Trinajstić information content (AvgIpc) is 2.24. The lowest BCUT2D eigenvalue weighted by atomic mass is 10.1. The van der Waals surface area contributed by atoms with Gasteiger partial charge in [0.1, 0.15) is 5.82 Å². The highest BCUT2D eigenvalue weighted by molar-refractivity contribution is 6.30. The van der Waals surface area contributed by atoms with Crippen LogP contribution < -0.4 is 10.6 Å². The number of amides is 1. The van der Waals surface area contributed by atoms with E-state index in [2.05, 4.69) is 24.5 Å². The van der Waals surface area contributed by atoms with Gasteiger partial charge in [0.15, 0.2) is 0 Å². The molecule has 0 heterocycles. The van der Waals surface area contributed by atoms with Gasteiger partial charge in [-0.3, -0.25) is 4.79 Å². The molecule has 100 valence electrons. The molecule has 0 fully saturated rings. The van der Waals surface area contributed by atoms with Crippen molar-refractivity contribution in [2.75, 3.05) is 18.4 Å². The van der Waals surface area contributed by atoms with Crippen LogP contribution in [0.1, 0.15) is 20.3 Å². The minimum absolute atomic E-state index is 0.109. The minimum Gasteiger partial charge on any atom is -0.376 e. The summed E-state index contributed by atoms with van der Waals surface area (Å²) >= 11 is 5.70. The van der Waals surface area contributed by atoms with Crippen LogP contribution in [0.15, 0.2) is 18.2 Å². The molecule has 1 aromatic carbocycles. The highest BCUT2D eigenvalue weighted by atomic mass is 35.5. The number of hydrogen-bond acceptors (Lipinski definition) is 2. The van der Waals surface area contributed by atoms with Crippen molar-refractivity contribution in [1.82, 2.24) is 5.32 Å². The van der Waals surface area contributed by atoms with Crippen LogP contribution in [0, 0.1) is 11.7 Å². The third-order valence-electron chi connectivity index (χ3n) is 2.36. The van der Waals surface area contributed by atoms with Crippen molar-refractivity contribution in [2.24, 2.45) is 5.92 Å². The fourth-order valence-corrected chi connectivity index (χ4v) is 1.62. The molecule has 0 aliphatic carbocycles. The minimum atomic E-state index is -0.426. The molecule has 1 amide bonds. The van der Waals surface area contributed by atoms with Gasteiger partial charge in [0.25, 0.3) is 0 Å². The van der Waals surface area contributed by atoms with Crippen molar-refractivity contribution in [3.05, 3.63) is 29.0 Å². The highest BCUT2D eigenvalue weighted by Crippen LogP contribution is 2.17. The third-order valence-corrected chi connectivity index (χ3v) is 2.58. The van der Waals surface area contributed by atoms with Crippen LogP contribution >= 0.6 is 11.6 Å². The number of anilines is 1. The maximum atomic E-state index is 13.0. The number of benzene rings is 1. The standard InChI is InChI=1S/C13H18ClFN2O/c1-9(2)3-4-16-13(18)8-17-12-6-10(14)5-11(15)7-12/h5-7,9,17H,3-4,8H2,1-2H3,(H,16,18). The summed E-state index contributed by atoms with van der Waals surface area (Å²) in [6, 6.07) is 4.09. The Morgan fingerprint density at radius 2 is 2.11 bits per heavy atom. The molecular formula is C13H18ClFN2O. The maximum Gasteiger partial charge on any atom is 0.239 e. The van der Waals surface area contributed by atoms with E-state index >= 15 is 0 Å². The average molecular weight is 273 g/mol. The molecule has 0 radical (unpaired) electrons. The fourth-order valence-electron chi connectivity index (χ4n) is 1.40. The van der Waals surface area contributed by atoms with E-state index in [9.17, 15) is 9.18 Å². The van der Waals surface area contributed by atoms with Crippen molar-refractivity contribution < 1.29 is 9.18 Å². The summed E-state index contributed by atoms with van der Waals surface area (Å²) in [5.74, 6) is 0.0153. The number of halogens is 2. The third kappa shape index (κ3) is 5.87. The Hall–Kier alpha value is -1.29. The van der Waals surface area contributed by atoms with Gasteiger partial charge in [0.05, 0.1) is 6.54 Å². The van der Waals surface area contributed by atoms with Crippen LogP contribution in [0.2, 0.25) is 5.02 Å². The zero-order valence-electron chi connectivity index (χ0n) is 10.6. The molecule has 0 spiro atoms. The van der Waals surface area contributed by atoms with Gasteiger partial charge in [-0.25, -0.2) is 4.39 Å². The molecule has 5 heteroatoms. The van der Waals surface area contributed by atoms with Crippen molar-refractivity contribution >= 4 is 23.2 Å². The number of hydrogen-bond donors (Lipinski definition) is 2. The molecule has 0 aliphatic rings. The monoisotopic (exact) mass is 272 g/mol. The quantitative estimate of drug-likeness (QED) is 0.836. The first-order valence-corrected chi connectivity index (χ1v) is 6.32. The second kappa shape index (κ2) is 7.21. The zero-order chi connectivity index (χ0) is 13.5. The Morgan fingerprint density at radius 1 is 1.39 bits per heavy atom. The normalized spacial score (nSPS) is 10.5. The summed E-state index contributed by atoms with van der Waals surface area (Å²) in [5, 5.41) is 5.92. The number of carbonyl (C=O) groups excluding carboxylic acids is 1. The highest BCUT2D eigenvalue weighted by Gasteiger charge is 2.03. The van der Waals surface area contributed by atoms with E-state index in [1.54, 1.807) is 6.07 Å².